The monoisotopic (exact) mass is 352 g/mol. The first kappa shape index (κ1) is 15.5. The predicted molar refractivity (Wildman–Crippen MR) is 95.6 cm³/mol. The molecule has 3 aliphatic heterocycles. The molecule has 2 aromatic rings. The second-order valence-corrected chi connectivity index (χ2v) is 6.97. The number of fused-ring (bicyclic) bond motifs is 4. The maximum absolute atomic E-state index is 13.1. The van der Waals surface area contributed by atoms with Gasteiger partial charge in [-0.25, -0.2) is 0 Å². The Balaban J connectivity index is 1.42. The molecule has 1 amide bonds. The highest BCUT2D eigenvalue weighted by molar-refractivity contribution is 5.98. The minimum Gasteiger partial charge on any atom is -0.487 e. The zero-order valence-electron chi connectivity index (χ0n) is 14.6. The van der Waals surface area contributed by atoms with Crippen LogP contribution >= 0.6 is 0 Å². The predicted octanol–water partition coefficient (Wildman–Crippen LogP) is 2.41. The van der Waals surface area contributed by atoms with E-state index in [9.17, 15) is 4.79 Å². The Hall–Kier alpha value is -2.73. The lowest BCUT2D eigenvalue weighted by atomic mass is 10.1. The van der Waals surface area contributed by atoms with Gasteiger partial charge in [-0.2, -0.15) is 0 Å². The van der Waals surface area contributed by atoms with E-state index in [0.717, 1.165) is 35.0 Å². The average molecular weight is 352 g/mol. The molecule has 6 heteroatoms. The third-order valence-corrected chi connectivity index (χ3v) is 5.32. The molecule has 26 heavy (non-hydrogen) atoms. The number of anilines is 1. The lowest BCUT2D eigenvalue weighted by molar-refractivity contribution is -0.122. The molecule has 1 saturated heterocycles. The number of para-hydroxylation sites is 2. The number of benzene rings is 2. The summed E-state index contributed by atoms with van der Waals surface area (Å²) in [7, 11) is 1.82. The summed E-state index contributed by atoms with van der Waals surface area (Å²) in [6.45, 7) is 1.67. The van der Waals surface area contributed by atoms with E-state index in [-0.39, 0.29) is 24.8 Å². The molecule has 1 fully saturated rings. The quantitative estimate of drug-likeness (QED) is 0.831. The van der Waals surface area contributed by atoms with Gasteiger partial charge in [0.2, 0.25) is 12.7 Å². The molecule has 2 aromatic carbocycles. The van der Waals surface area contributed by atoms with Crippen molar-refractivity contribution in [2.75, 3.05) is 25.3 Å². The molecular formula is C20H20N2O4. The summed E-state index contributed by atoms with van der Waals surface area (Å²) in [5.41, 5.74) is 1.93. The van der Waals surface area contributed by atoms with E-state index < -0.39 is 0 Å². The van der Waals surface area contributed by atoms with E-state index >= 15 is 0 Å². The van der Waals surface area contributed by atoms with Crippen LogP contribution in [-0.2, 0) is 11.3 Å². The third-order valence-electron chi connectivity index (χ3n) is 5.32. The summed E-state index contributed by atoms with van der Waals surface area (Å²) in [5, 5.41) is 0. The SMILES string of the molecule is CN1C(=O)C2CC(CN2Cc2ccc3c(c2)OCO3)Oc2ccccc21. The Kier molecular flexibility index (Phi) is 3.53. The van der Waals surface area contributed by atoms with Crippen molar-refractivity contribution in [1.29, 1.82) is 0 Å². The number of hydrogen-bond donors (Lipinski definition) is 0. The largest absolute Gasteiger partial charge is 0.487 e. The molecule has 5 rings (SSSR count). The second kappa shape index (κ2) is 5.92. The summed E-state index contributed by atoms with van der Waals surface area (Å²) in [6.07, 6.45) is 0.731. The van der Waals surface area contributed by atoms with Crippen molar-refractivity contribution in [1.82, 2.24) is 4.90 Å². The number of amides is 1. The molecule has 0 saturated carbocycles. The minimum absolute atomic E-state index is 0.0211. The van der Waals surface area contributed by atoms with Gasteiger partial charge in [0.15, 0.2) is 11.5 Å². The number of likely N-dealkylation sites (N-methyl/N-ethyl adjacent to an activating group) is 1. The van der Waals surface area contributed by atoms with E-state index in [0.29, 0.717) is 13.0 Å². The molecule has 0 N–H and O–H groups in total. The Bertz CT molecular complexity index is 869. The molecule has 3 heterocycles. The van der Waals surface area contributed by atoms with Crippen LogP contribution < -0.4 is 19.1 Å². The smallest absolute Gasteiger partial charge is 0.244 e. The van der Waals surface area contributed by atoms with Crippen molar-refractivity contribution in [3.05, 3.63) is 48.0 Å². The summed E-state index contributed by atoms with van der Waals surface area (Å²) < 4.78 is 17.1. The van der Waals surface area contributed by atoms with E-state index in [2.05, 4.69) is 4.90 Å². The molecule has 0 aromatic heterocycles. The van der Waals surface area contributed by atoms with Gasteiger partial charge in [-0.05, 0) is 29.8 Å². The van der Waals surface area contributed by atoms with Gasteiger partial charge in [0.1, 0.15) is 11.9 Å². The number of ether oxygens (including phenoxy) is 3. The van der Waals surface area contributed by atoms with Gasteiger partial charge < -0.3 is 19.1 Å². The summed E-state index contributed by atoms with van der Waals surface area (Å²) >= 11 is 0. The number of carbonyl (C=O) groups excluding carboxylic acids is 1. The Morgan fingerprint density at radius 3 is 2.85 bits per heavy atom. The standard InChI is InChI=1S/C20H20N2O4/c1-21-15-4-2-3-5-17(15)26-14-9-16(20(21)23)22(11-14)10-13-6-7-18-19(8-13)25-12-24-18/h2-8,14,16H,9-12H2,1H3. The number of nitrogens with zero attached hydrogens (tertiary/aromatic N) is 2. The van der Waals surface area contributed by atoms with Crippen LogP contribution in [-0.4, -0.2) is 43.3 Å². The van der Waals surface area contributed by atoms with Crippen LogP contribution in [0.3, 0.4) is 0 Å². The second-order valence-electron chi connectivity index (χ2n) is 6.97. The molecule has 134 valence electrons. The van der Waals surface area contributed by atoms with Crippen molar-refractivity contribution in [2.45, 2.75) is 25.1 Å². The molecule has 0 spiro atoms. The van der Waals surface area contributed by atoms with Crippen LogP contribution in [0.5, 0.6) is 17.2 Å². The fraction of sp³-hybridized carbons (Fsp3) is 0.350. The normalized spacial score (nSPS) is 24.0. The van der Waals surface area contributed by atoms with Crippen molar-refractivity contribution in [2.24, 2.45) is 0 Å². The van der Waals surface area contributed by atoms with E-state index in [4.69, 9.17) is 14.2 Å². The van der Waals surface area contributed by atoms with Crippen molar-refractivity contribution in [3.8, 4) is 17.2 Å². The third kappa shape index (κ3) is 2.49. The number of carbonyl (C=O) groups is 1. The molecule has 3 aliphatic rings. The van der Waals surface area contributed by atoms with Gasteiger partial charge in [0.25, 0.3) is 0 Å². The van der Waals surface area contributed by atoms with E-state index in [1.54, 1.807) is 4.90 Å². The van der Waals surface area contributed by atoms with Gasteiger partial charge in [-0.3, -0.25) is 9.69 Å². The van der Waals surface area contributed by atoms with E-state index in [1.807, 2.05) is 49.5 Å². The van der Waals surface area contributed by atoms with Gasteiger partial charge in [0.05, 0.1) is 11.7 Å². The minimum atomic E-state index is -0.177. The Morgan fingerprint density at radius 1 is 1.08 bits per heavy atom. The maximum atomic E-state index is 13.1. The van der Waals surface area contributed by atoms with E-state index in [1.165, 1.54) is 0 Å². The van der Waals surface area contributed by atoms with Crippen LogP contribution in [0.25, 0.3) is 0 Å². The lowest BCUT2D eigenvalue weighted by Gasteiger charge is -2.29. The highest BCUT2D eigenvalue weighted by atomic mass is 16.7. The van der Waals surface area contributed by atoms with Crippen molar-refractivity contribution >= 4 is 11.6 Å². The van der Waals surface area contributed by atoms with Crippen molar-refractivity contribution in [3.63, 3.8) is 0 Å². The zero-order valence-corrected chi connectivity index (χ0v) is 14.6. The molecule has 6 nitrogen and oxygen atoms in total. The maximum Gasteiger partial charge on any atom is 0.244 e. The summed E-state index contributed by atoms with van der Waals surface area (Å²) in [5.74, 6) is 2.43. The fourth-order valence-corrected chi connectivity index (χ4v) is 4.01. The van der Waals surface area contributed by atoms with Crippen LogP contribution in [0.4, 0.5) is 5.69 Å². The van der Waals surface area contributed by atoms with Gasteiger partial charge in [-0.1, -0.05) is 18.2 Å². The van der Waals surface area contributed by atoms with Crippen LogP contribution in [0.15, 0.2) is 42.5 Å². The van der Waals surface area contributed by atoms with Gasteiger partial charge in [-0.15, -0.1) is 0 Å². The molecule has 2 unspecified atom stereocenters. The molecule has 0 aliphatic carbocycles. The first-order valence-corrected chi connectivity index (χ1v) is 8.85. The highest BCUT2D eigenvalue weighted by Crippen LogP contribution is 2.37. The summed E-state index contributed by atoms with van der Waals surface area (Å²) in [4.78, 5) is 17.0. The first-order valence-electron chi connectivity index (χ1n) is 8.85. The molecule has 2 atom stereocenters. The fourth-order valence-electron chi connectivity index (χ4n) is 4.01. The topological polar surface area (TPSA) is 51.2 Å². The average Bonchev–Trinajstić information content (AvgIpc) is 3.27. The van der Waals surface area contributed by atoms with Gasteiger partial charge in [0, 0.05) is 26.6 Å². The molecular weight excluding hydrogens is 332 g/mol. The lowest BCUT2D eigenvalue weighted by Crippen LogP contribution is -2.44. The molecule has 0 radical (unpaired) electrons. The zero-order chi connectivity index (χ0) is 17.7. The van der Waals surface area contributed by atoms with Gasteiger partial charge >= 0.3 is 0 Å². The van der Waals surface area contributed by atoms with Crippen molar-refractivity contribution < 1.29 is 19.0 Å². The van der Waals surface area contributed by atoms with Crippen LogP contribution in [0, 0.1) is 0 Å². The van der Waals surface area contributed by atoms with Crippen LogP contribution in [0.1, 0.15) is 12.0 Å². The molecule has 2 bridgehead atoms. The highest BCUT2D eigenvalue weighted by Gasteiger charge is 2.41. The number of rotatable bonds is 2. The number of hydrogen-bond acceptors (Lipinski definition) is 5. The Morgan fingerprint density at radius 2 is 1.92 bits per heavy atom. The Labute approximate surface area is 151 Å². The van der Waals surface area contributed by atoms with Crippen LogP contribution in [0.2, 0.25) is 0 Å². The first-order chi connectivity index (χ1) is 12.7. The summed E-state index contributed by atoms with van der Waals surface area (Å²) in [6, 6.07) is 13.5. The number of likely N-dealkylation sites (tertiary alicyclic amines) is 1.